The van der Waals surface area contributed by atoms with E-state index in [2.05, 4.69) is 15.8 Å². The van der Waals surface area contributed by atoms with E-state index in [0.29, 0.717) is 27.5 Å². The molecule has 0 spiro atoms. The number of rotatable bonds is 5. The van der Waals surface area contributed by atoms with Crippen molar-refractivity contribution in [3.05, 3.63) is 101 Å². The Morgan fingerprint density at radius 3 is 1.96 bits per heavy atom. The summed E-state index contributed by atoms with van der Waals surface area (Å²) in [6, 6.07) is 22.7. The number of amides is 2. The Bertz CT molecular complexity index is 998. The number of anilines is 1. The normalized spacial score (nSPS) is 11.0. The van der Waals surface area contributed by atoms with Gasteiger partial charge >= 0.3 is 0 Å². The summed E-state index contributed by atoms with van der Waals surface area (Å²) >= 11 is 5.87. The molecule has 3 rings (SSSR count). The average Bonchev–Trinajstić information content (AvgIpc) is 2.73. The molecule has 0 bridgehead atoms. The van der Waals surface area contributed by atoms with E-state index >= 15 is 0 Å². The van der Waals surface area contributed by atoms with E-state index in [1.165, 1.54) is 0 Å². The van der Waals surface area contributed by atoms with Crippen molar-refractivity contribution in [2.24, 2.45) is 5.10 Å². The molecule has 0 atom stereocenters. The molecule has 0 aliphatic rings. The summed E-state index contributed by atoms with van der Waals surface area (Å²) in [6.07, 6.45) is 0. The van der Waals surface area contributed by atoms with E-state index in [4.69, 9.17) is 11.6 Å². The van der Waals surface area contributed by atoms with Crippen LogP contribution in [0, 0.1) is 0 Å². The van der Waals surface area contributed by atoms with Gasteiger partial charge in [-0.2, -0.15) is 5.10 Å². The number of nitrogens with one attached hydrogen (secondary N) is 2. The maximum absolute atomic E-state index is 12.3. The van der Waals surface area contributed by atoms with Crippen LogP contribution in [-0.2, 0) is 0 Å². The van der Waals surface area contributed by atoms with Crippen molar-refractivity contribution in [1.82, 2.24) is 5.43 Å². The first kappa shape index (κ1) is 19.3. The fraction of sp³-hybridized carbons (Fsp3) is 0.0455. The topological polar surface area (TPSA) is 70.6 Å². The lowest BCUT2D eigenvalue weighted by Gasteiger charge is -2.07. The van der Waals surface area contributed by atoms with Gasteiger partial charge in [0.25, 0.3) is 11.8 Å². The Morgan fingerprint density at radius 2 is 1.32 bits per heavy atom. The number of benzene rings is 3. The Hall–Kier alpha value is -3.44. The van der Waals surface area contributed by atoms with Crippen molar-refractivity contribution in [3.8, 4) is 0 Å². The summed E-state index contributed by atoms with van der Waals surface area (Å²) in [5.41, 5.74) is 5.66. The van der Waals surface area contributed by atoms with Crippen LogP contribution in [0.15, 0.2) is 84.0 Å². The van der Waals surface area contributed by atoms with Crippen LogP contribution in [0.25, 0.3) is 0 Å². The molecule has 2 amide bonds. The first-order chi connectivity index (χ1) is 13.5. The summed E-state index contributed by atoms with van der Waals surface area (Å²) in [5.74, 6) is -0.546. The second-order valence-electron chi connectivity index (χ2n) is 6.04. The highest BCUT2D eigenvalue weighted by molar-refractivity contribution is 6.30. The minimum absolute atomic E-state index is 0.207. The van der Waals surface area contributed by atoms with Gasteiger partial charge in [-0.05, 0) is 61.0 Å². The first-order valence-electron chi connectivity index (χ1n) is 8.60. The Kier molecular flexibility index (Phi) is 6.19. The van der Waals surface area contributed by atoms with Crippen LogP contribution in [-0.4, -0.2) is 17.5 Å². The first-order valence-corrected chi connectivity index (χ1v) is 8.98. The fourth-order valence-corrected chi connectivity index (χ4v) is 2.58. The van der Waals surface area contributed by atoms with E-state index in [1.807, 2.05) is 18.2 Å². The van der Waals surface area contributed by atoms with Gasteiger partial charge in [0.05, 0.1) is 5.71 Å². The zero-order valence-corrected chi connectivity index (χ0v) is 15.9. The molecular weight excluding hydrogens is 374 g/mol. The monoisotopic (exact) mass is 391 g/mol. The van der Waals surface area contributed by atoms with E-state index in [0.717, 1.165) is 5.56 Å². The number of hydrogen-bond donors (Lipinski definition) is 2. The van der Waals surface area contributed by atoms with Crippen molar-refractivity contribution in [2.45, 2.75) is 6.92 Å². The molecule has 0 radical (unpaired) electrons. The standard InChI is InChI=1S/C22H18ClN3O2/c1-15(16-7-11-19(23)12-8-16)25-26-22(28)18-9-13-20(14-10-18)24-21(27)17-5-3-2-4-6-17/h2-14H,1H3,(H,24,27)(H,26,28)/b25-15+. The highest BCUT2D eigenvalue weighted by Crippen LogP contribution is 2.12. The number of hydrazone groups is 1. The van der Waals surface area contributed by atoms with Crippen molar-refractivity contribution in [1.29, 1.82) is 0 Å². The predicted molar refractivity (Wildman–Crippen MR) is 112 cm³/mol. The molecule has 140 valence electrons. The van der Waals surface area contributed by atoms with Gasteiger partial charge in [-0.15, -0.1) is 0 Å². The van der Waals surface area contributed by atoms with Gasteiger partial charge < -0.3 is 5.32 Å². The molecule has 2 N–H and O–H groups in total. The average molecular weight is 392 g/mol. The van der Waals surface area contributed by atoms with E-state index in [1.54, 1.807) is 67.6 Å². The van der Waals surface area contributed by atoms with Gasteiger partial charge in [0.1, 0.15) is 0 Å². The summed E-state index contributed by atoms with van der Waals surface area (Å²) < 4.78 is 0. The Labute approximate surface area is 168 Å². The molecule has 0 heterocycles. The molecule has 3 aromatic rings. The van der Waals surface area contributed by atoms with Crippen LogP contribution in [0.5, 0.6) is 0 Å². The molecule has 6 heteroatoms. The van der Waals surface area contributed by atoms with Crippen molar-refractivity contribution in [2.75, 3.05) is 5.32 Å². The lowest BCUT2D eigenvalue weighted by molar-refractivity contribution is 0.0954. The van der Waals surface area contributed by atoms with Gasteiger partial charge in [-0.1, -0.05) is 41.9 Å². The van der Waals surface area contributed by atoms with Gasteiger partial charge in [-0.3, -0.25) is 9.59 Å². The second-order valence-corrected chi connectivity index (χ2v) is 6.48. The molecule has 0 aliphatic carbocycles. The number of carbonyl (C=O) groups is 2. The van der Waals surface area contributed by atoms with E-state index in [9.17, 15) is 9.59 Å². The molecule has 0 fully saturated rings. The van der Waals surface area contributed by atoms with E-state index < -0.39 is 0 Å². The molecule has 0 saturated carbocycles. The zero-order chi connectivity index (χ0) is 19.9. The molecule has 5 nitrogen and oxygen atoms in total. The number of nitrogens with zero attached hydrogens (tertiary/aromatic N) is 1. The Balaban J connectivity index is 1.61. The van der Waals surface area contributed by atoms with Gasteiger partial charge in [0.15, 0.2) is 0 Å². The molecule has 3 aromatic carbocycles. The summed E-state index contributed by atoms with van der Waals surface area (Å²) in [5, 5.41) is 7.55. The predicted octanol–water partition coefficient (Wildman–Crippen LogP) is 4.75. The maximum Gasteiger partial charge on any atom is 0.271 e. The van der Waals surface area contributed by atoms with Crippen LogP contribution in [0.2, 0.25) is 5.02 Å². The fourth-order valence-electron chi connectivity index (χ4n) is 2.45. The summed E-state index contributed by atoms with van der Waals surface area (Å²) in [6.45, 7) is 1.80. The SMILES string of the molecule is C/C(=N\NC(=O)c1ccc(NC(=O)c2ccccc2)cc1)c1ccc(Cl)cc1. The quantitative estimate of drug-likeness (QED) is 0.487. The molecule has 0 saturated heterocycles. The van der Waals surface area contributed by atoms with Crippen LogP contribution < -0.4 is 10.7 Å². The molecule has 0 aromatic heterocycles. The molecule has 0 unspecified atom stereocenters. The van der Waals surface area contributed by atoms with Crippen LogP contribution >= 0.6 is 11.6 Å². The van der Waals surface area contributed by atoms with Gasteiger partial charge in [-0.25, -0.2) is 5.43 Å². The Morgan fingerprint density at radius 1 is 0.750 bits per heavy atom. The minimum Gasteiger partial charge on any atom is -0.322 e. The van der Waals surface area contributed by atoms with Crippen molar-refractivity contribution in [3.63, 3.8) is 0 Å². The van der Waals surface area contributed by atoms with Crippen LogP contribution in [0.1, 0.15) is 33.2 Å². The van der Waals surface area contributed by atoms with Crippen molar-refractivity contribution >= 4 is 34.8 Å². The highest BCUT2D eigenvalue weighted by Gasteiger charge is 2.08. The minimum atomic E-state index is -0.339. The lowest BCUT2D eigenvalue weighted by atomic mass is 10.1. The third-order valence-electron chi connectivity index (χ3n) is 4.03. The second kappa shape index (κ2) is 8.97. The summed E-state index contributed by atoms with van der Waals surface area (Å²) in [4.78, 5) is 24.4. The van der Waals surface area contributed by atoms with Gasteiger partial charge in [0.2, 0.25) is 0 Å². The maximum atomic E-state index is 12.3. The number of halogens is 1. The summed E-state index contributed by atoms with van der Waals surface area (Å²) in [7, 11) is 0. The molecule has 0 aliphatic heterocycles. The van der Waals surface area contributed by atoms with Crippen LogP contribution in [0.4, 0.5) is 5.69 Å². The number of hydrogen-bond acceptors (Lipinski definition) is 3. The lowest BCUT2D eigenvalue weighted by Crippen LogP contribution is -2.19. The smallest absolute Gasteiger partial charge is 0.271 e. The van der Waals surface area contributed by atoms with Crippen molar-refractivity contribution < 1.29 is 9.59 Å². The largest absolute Gasteiger partial charge is 0.322 e. The third kappa shape index (κ3) is 5.05. The third-order valence-corrected chi connectivity index (χ3v) is 4.28. The van der Waals surface area contributed by atoms with Crippen LogP contribution in [0.3, 0.4) is 0 Å². The zero-order valence-electron chi connectivity index (χ0n) is 15.1. The molecular formula is C22H18ClN3O2. The highest BCUT2D eigenvalue weighted by atomic mass is 35.5. The van der Waals surface area contributed by atoms with E-state index in [-0.39, 0.29) is 11.8 Å². The number of carbonyl (C=O) groups excluding carboxylic acids is 2. The van der Waals surface area contributed by atoms with Gasteiger partial charge in [0, 0.05) is 21.8 Å². The molecule has 28 heavy (non-hydrogen) atoms.